The number of nitrogens with zero attached hydrogens (tertiary/aromatic N) is 1. The van der Waals surface area contributed by atoms with Crippen LogP contribution >= 0.6 is 15.9 Å². The smallest absolute Gasteiger partial charge is 0.0414 e. The molecule has 0 aliphatic carbocycles. The molecular formula is C16H27BrN2. The first-order chi connectivity index (χ1) is 9.10. The Bertz CT molecular complexity index is 377. The normalized spacial score (nSPS) is 11.1. The van der Waals surface area contributed by atoms with Gasteiger partial charge in [-0.2, -0.15) is 0 Å². The van der Waals surface area contributed by atoms with E-state index in [9.17, 15) is 0 Å². The Labute approximate surface area is 126 Å². The van der Waals surface area contributed by atoms with Gasteiger partial charge in [-0.1, -0.05) is 29.8 Å². The molecule has 1 aromatic rings. The molecule has 1 aromatic carbocycles. The van der Waals surface area contributed by atoms with Gasteiger partial charge in [-0.25, -0.2) is 0 Å². The zero-order valence-corrected chi connectivity index (χ0v) is 14.3. The van der Waals surface area contributed by atoms with E-state index >= 15 is 0 Å². The number of rotatable bonds is 8. The molecule has 0 amide bonds. The molecule has 0 unspecified atom stereocenters. The number of hydrogen-bond acceptors (Lipinski definition) is 2. The Morgan fingerprint density at radius 2 is 1.95 bits per heavy atom. The summed E-state index contributed by atoms with van der Waals surface area (Å²) in [5.74, 6) is 0. The van der Waals surface area contributed by atoms with Crippen LogP contribution in [0.1, 0.15) is 46.1 Å². The van der Waals surface area contributed by atoms with Crippen LogP contribution in [-0.2, 0) is 6.54 Å². The molecule has 108 valence electrons. The molecule has 19 heavy (non-hydrogen) atoms. The van der Waals surface area contributed by atoms with Gasteiger partial charge in [0.15, 0.2) is 0 Å². The van der Waals surface area contributed by atoms with Gasteiger partial charge in [-0.15, -0.1) is 0 Å². The topological polar surface area (TPSA) is 15.3 Å². The highest BCUT2D eigenvalue weighted by Crippen LogP contribution is 2.26. The van der Waals surface area contributed by atoms with E-state index < -0.39 is 0 Å². The number of nitrogens with one attached hydrogen (secondary N) is 1. The van der Waals surface area contributed by atoms with E-state index in [2.05, 4.69) is 72.0 Å². The minimum Gasteiger partial charge on any atom is -0.369 e. The van der Waals surface area contributed by atoms with Crippen molar-refractivity contribution >= 4 is 21.6 Å². The van der Waals surface area contributed by atoms with Crippen molar-refractivity contribution < 1.29 is 0 Å². The molecule has 0 heterocycles. The summed E-state index contributed by atoms with van der Waals surface area (Å²) < 4.78 is 1.16. The molecule has 0 aliphatic heterocycles. The van der Waals surface area contributed by atoms with E-state index in [0.29, 0.717) is 6.04 Å². The Morgan fingerprint density at radius 3 is 2.53 bits per heavy atom. The third kappa shape index (κ3) is 5.15. The van der Waals surface area contributed by atoms with E-state index in [4.69, 9.17) is 0 Å². The predicted octanol–water partition coefficient (Wildman–Crippen LogP) is 4.57. The molecule has 0 aromatic heterocycles. The zero-order valence-electron chi connectivity index (χ0n) is 12.7. The van der Waals surface area contributed by atoms with Gasteiger partial charge in [0.2, 0.25) is 0 Å². The molecule has 0 radical (unpaired) electrons. The fourth-order valence-electron chi connectivity index (χ4n) is 2.27. The fraction of sp³-hybridized carbons (Fsp3) is 0.625. The summed E-state index contributed by atoms with van der Waals surface area (Å²) in [4.78, 5) is 2.50. The van der Waals surface area contributed by atoms with Crippen LogP contribution in [0.3, 0.4) is 0 Å². The Kier molecular flexibility index (Phi) is 7.47. The largest absolute Gasteiger partial charge is 0.369 e. The molecule has 2 nitrogen and oxygen atoms in total. The lowest BCUT2D eigenvalue weighted by atomic mass is 10.1. The maximum absolute atomic E-state index is 3.58. The summed E-state index contributed by atoms with van der Waals surface area (Å²) in [6.07, 6.45) is 2.35. The molecule has 0 spiro atoms. The second kappa shape index (κ2) is 8.60. The van der Waals surface area contributed by atoms with Crippen molar-refractivity contribution in [3.63, 3.8) is 0 Å². The van der Waals surface area contributed by atoms with Crippen LogP contribution in [-0.4, -0.2) is 19.1 Å². The minimum atomic E-state index is 0.533. The van der Waals surface area contributed by atoms with E-state index in [1.165, 1.54) is 24.1 Å². The second-order valence-electron chi connectivity index (χ2n) is 5.24. The Morgan fingerprint density at radius 1 is 1.21 bits per heavy atom. The van der Waals surface area contributed by atoms with E-state index in [0.717, 1.165) is 24.1 Å². The number of benzene rings is 1. The van der Waals surface area contributed by atoms with Crippen LogP contribution < -0.4 is 10.2 Å². The first-order valence-electron chi connectivity index (χ1n) is 7.35. The molecule has 1 rings (SSSR count). The summed E-state index contributed by atoms with van der Waals surface area (Å²) >= 11 is 3.58. The van der Waals surface area contributed by atoms with Gasteiger partial charge < -0.3 is 10.2 Å². The van der Waals surface area contributed by atoms with Crippen molar-refractivity contribution in [3.05, 3.63) is 28.2 Å². The lowest BCUT2D eigenvalue weighted by molar-refractivity contribution is 0.648. The minimum absolute atomic E-state index is 0.533. The predicted molar refractivity (Wildman–Crippen MR) is 88.9 cm³/mol. The maximum atomic E-state index is 3.58. The van der Waals surface area contributed by atoms with Gasteiger partial charge in [-0.3, -0.25) is 0 Å². The Balaban J connectivity index is 2.95. The molecule has 0 saturated carbocycles. The molecule has 1 N–H and O–H groups in total. The van der Waals surface area contributed by atoms with Gasteiger partial charge in [0, 0.05) is 29.3 Å². The summed E-state index contributed by atoms with van der Waals surface area (Å²) in [6, 6.07) is 7.15. The summed E-state index contributed by atoms with van der Waals surface area (Å²) in [5, 5.41) is 3.51. The van der Waals surface area contributed by atoms with E-state index in [1.807, 2.05) is 0 Å². The van der Waals surface area contributed by atoms with Crippen molar-refractivity contribution in [1.29, 1.82) is 0 Å². The zero-order chi connectivity index (χ0) is 14.3. The molecule has 3 heteroatoms. The first kappa shape index (κ1) is 16.5. The summed E-state index contributed by atoms with van der Waals surface area (Å²) in [6.45, 7) is 12.1. The van der Waals surface area contributed by atoms with Gasteiger partial charge in [0.1, 0.15) is 0 Å². The molecular weight excluding hydrogens is 300 g/mol. The lowest BCUT2D eigenvalue weighted by Crippen LogP contribution is -2.32. The van der Waals surface area contributed by atoms with Gasteiger partial charge >= 0.3 is 0 Å². The summed E-state index contributed by atoms with van der Waals surface area (Å²) in [7, 11) is 0. The molecule has 0 atom stereocenters. The monoisotopic (exact) mass is 326 g/mol. The highest BCUT2D eigenvalue weighted by molar-refractivity contribution is 9.10. The first-order valence-corrected chi connectivity index (χ1v) is 8.15. The average Bonchev–Trinajstić information content (AvgIpc) is 2.37. The standard InChI is InChI=1S/C16H27BrN2/c1-5-9-18-12-14-11-15(17)7-8-16(14)19(10-6-2)13(3)4/h7-8,11,13,18H,5-6,9-10,12H2,1-4H3. The quantitative estimate of drug-likeness (QED) is 0.704. The van der Waals surface area contributed by atoms with E-state index in [1.54, 1.807) is 0 Å². The van der Waals surface area contributed by atoms with Crippen molar-refractivity contribution in [3.8, 4) is 0 Å². The molecule has 0 aliphatic rings. The second-order valence-corrected chi connectivity index (χ2v) is 6.15. The van der Waals surface area contributed by atoms with Crippen molar-refractivity contribution in [2.24, 2.45) is 0 Å². The maximum Gasteiger partial charge on any atom is 0.0414 e. The molecule has 0 bridgehead atoms. The van der Waals surface area contributed by atoms with Crippen LogP contribution in [0, 0.1) is 0 Å². The third-order valence-corrected chi connectivity index (χ3v) is 3.67. The number of anilines is 1. The van der Waals surface area contributed by atoms with Gasteiger partial charge in [0.05, 0.1) is 0 Å². The van der Waals surface area contributed by atoms with E-state index in [-0.39, 0.29) is 0 Å². The third-order valence-electron chi connectivity index (χ3n) is 3.18. The van der Waals surface area contributed by atoms with Crippen LogP contribution in [0.15, 0.2) is 22.7 Å². The fourth-order valence-corrected chi connectivity index (χ4v) is 2.68. The van der Waals surface area contributed by atoms with Crippen LogP contribution in [0.5, 0.6) is 0 Å². The van der Waals surface area contributed by atoms with Crippen LogP contribution in [0.25, 0.3) is 0 Å². The van der Waals surface area contributed by atoms with Crippen LogP contribution in [0.2, 0.25) is 0 Å². The molecule has 0 fully saturated rings. The van der Waals surface area contributed by atoms with Crippen LogP contribution in [0.4, 0.5) is 5.69 Å². The van der Waals surface area contributed by atoms with Crippen molar-refractivity contribution in [2.45, 2.75) is 53.1 Å². The Hall–Kier alpha value is -0.540. The lowest BCUT2D eigenvalue weighted by Gasteiger charge is -2.31. The SMILES string of the molecule is CCCNCc1cc(Br)ccc1N(CCC)C(C)C. The summed E-state index contributed by atoms with van der Waals surface area (Å²) in [5.41, 5.74) is 2.74. The molecule has 0 saturated heterocycles. The average molecular weight is 327 g/mol. The number of hydrogen-bond donors (Lipinski definition) is 1. The highest BCUT2D eigenvalue weighted by atomic mass is 79.9. The van der Waals surface area contributed by atoms with Crippen molar-refractivity contribution in [1.82, 2.24) is 5.32 Å². The van der Waals surface area contributed by atoms with Crippen molar-refractivity contribution in [2.75, 3.05) is 18.0 Å². The highest BCUT2D eigenvalue weighted by Gasteiger charge is 2.13. The van der Waals surface area contributed by atoms with Gasteiger partial charge in [-0.05, 0) is 57.0 Å². The van der Waals surface area contributed by atoms with Gasteiger partial charge in [0.25, 0.3) is 0 Å². The number of halogens is 1.